The lowest BCUT2D eigenvalue weighted by atomic mass is 10.2. The SMILES string of the molecule is Cc1oc(CN(C)C(=O)c2cnn(Cc3ccccc3)c2C)cc1C(=O)O. The molecule has 140 valence electrons. The second-order valence-electron chi connectivity index (χ2n) is 6.44. The Labute approximate surface area is 156 Å². The van der Waals surface area contributed by atoms with Crippen LogP contribution in [-0.4, -0.2) is 38.7 Å². The number of benzene rings is 1. The van der Waals surface area contributed by atoms with E-state index in [2.05, 4.69) is 5.10 Å². The van der Waals surface area contributed by atoms with E-state index in [0.717, 1.165) is 11.3 Å². The van der Waals surface area contributed by atoms with Gasteiger partial charge in [0.25, 0.3) is 5.91 Å². The standard InChI is InChI=1S/C20H21N3O4/c1-13-18(10-21-23(13)11-15-7-5-4-6-8-15)19(24)22(3)12-16-9-17(20(25)26)14(2)27-16/h4-10H,11-12H2,1-3H3,(H,25,26). The highest BCUT2D eigenvalue weighted by Crippen LogP contribution is 2.18. The number of nitrogens with zero attached hydrogens (tertiary/aromatic N) is 3. The quantitative estimate of drug-likeness (QED) is 0.723. The van der Waals surface area contributed by atoms with Crippen LogP contribution in [0, 0.1) is 13.8 Å². The van der Waals surface area contributed by atoms with Gasteiger partial charge in [-0.1, -0.05) is 30.3 Å². The Balaban J connectivity index is 1.73. The molecule has 0 spiro atoms. The third-order valence-corrected chi connectivity index (χ3v) is 4.45. The molecule has 1 N–H and O–H groups in total. The van der Waals surface area contributed by atoms with Crippen LogP contribution in [0.4, 0.5) is 0 Å². The van der Waals surface area contributed by atoms with E-state index in [4.69, 9.17) is 9.52 Å². The summed E-state index contributed by atoms with van der Waals surface area (Å²) in [7, 11) is 1.65. The van der Waals surface area contributed by atoms with Crippen LogP contribution < -0.4 is 0 Å². The highest BCUT2D eigenvalue weighted by molar-refractivity contribution is 5.95. The Hall–Kier alpha value is -3.35. The lowest BCUT2D eigenvalue weighted by Gasteiger charge is -2.15. The van der Waals surface area contributed by atoms with E-state index >= 15 is 0 Å². The van der Waals surface area contributed by atoms with Gasteiger partial charge >= 0.3 is 5.97 Å². The summed E-state index contributed by atoms with van der Waals surface area (Å²) < 4.78 is 7.24. The molecule has 2 aromatic heterocycles. The highest BCUT2D eigenvalue weighted by Gasteiger charge is 2.21. The van der Waals surface area contributed by atoms with E-state index in [-0.39, 0.29) is 18.0 Å². The molecule has 3 rings (SSSR count). The molecule has 0 saturated carbocycles. The maximum Gasteiger partial charge on any atom is 0.339 e. The summed E-state index contributed by atoms with van der Waals surface area (Å²) in [6, 6.07) is 11.3. The molecule has 0 aliphatic carbocycles. The number of aryl methyl sites for hydroxylation is 1. The van der Waals surface area contributed by atoms with Gasteiger partial charge in [-0.15, -0.1) is 0 Å². The second-order valence-corrected chi connectivity index (χ2v) is 6.44. The molecule has 0 aliphatic heterocycles. The van der Waals surface area contributed by atoms with Crippen molar-refractivity contribution in [1.29, 1.82) is 0 Å². The number of rotatable bonds is 6. The van der Waals surface area contributed by atoms with Crippen molar-refractivity contribution < 1.29 is 19.1 Å². The lowest BCUT2D eigenvalue weighted by molar-refractivity contribution is 0.0694. The summed E-state index contributed by atoms with van der Waals surface area (Å²) >= 11 is 0. The summed E-state index contributed by atoms with van der Waals surface area (Å²) in [5.41, 5.74) is 2.49. The minimum atomic E-state index is -1.05. The van der Waals surface area contributed by atoms with E-state index in [1.807, 2.05) is 37.3 Å². The Bertz CT molecular complexity index is 973. The first kappa shape index (κ1) is 18.4. The monoisotopic (exact) mass is 367 g/mol. The van der Waals surface area contributed by atoms with Gasteiger partial charge in [0.15, 0.2) is 0 Å². The number of furan rings is 1. The number of aromatic nitrogens is 2. The number of hydrogen-bond acceptors (Lipinski definition) is 4. The van der Waals surface area contributed by atoms with Crippen LogP contribution >= 0.6 is 0 Å². The molecule has 0 saturated heterocycles. The van der Waals surface area contributed by atoms with Crippen molar-refractivity contribution in [3.05, 3.63) is 76.5 Å². The lowest BCUT2D eigenvalue weighted by Crippen LogP contribution is -2.26. The van der Waals surface area contributed by atoms with Gasteiger partial charge in [0.1, 0.15) is 17.1 Å². The average Bonchev–Trinajstić information content (AvgIpc) is 3.18. The number of carbonyl (C=O) groups excluding carboxylic acids is 1. The van der Waals surface area contributed by atoms with Gasteiger partial charge in [0, 0.05) is 12.7 Å². The largest absolute Gasteiger partial charge is 0.478 e. The summed E-state index contributed by atoms with van der Waals surface area (Å²) in [4.78, 5) is 25.4. The fourth-order valence-electron chi connectivity index (χ4n) is 2.92. The Kier molecular flexibility index (Phi) is 5.12. The van der Waals surface area contributed by atoms with E-state index in [1.54, 1.807) is 24.9 Å². The molecule has 0 radical (unpaired) electrons. The van der Waals surface area contributed by atoms with Crippen molar-refractivity contribution in [3.63, 3.8) is 0 Å². The van der Waals surface area contributed by atoms with Crippen LogP contribution in [0.1, 0.15) is 43.5 Å². The van der Waals surface area contributed by atoms with Crippen LogP contribution in [0.5, 0.6) is 0 Å². The Morgan fingerprint density at radius 2 is 1.89 bits per heavy atom. The normalized spacial score (nSPS) is 10.8. The van der Waals surface area contributed by atoms with Gasteiger partial charge in [-0.3, -0.25) is 9.48 Å². The summed E-state index contributed by atoms with van der Waals surface area (Å²) in [5.74, 6) is -0.493. The molecule has 27 heavy (non-hydrogen) atoms. The number of hydrogen-bond donors (Lipinski definition) is 1. The molecular weight excluding hydrogens is 346 g/mol. The fraction of sp³-hybridized carbons (Fsp3) is 0.250. The number of carbonyl (C=O) groups is 2. The molecule has 0 fully saturated rings. The average molecular weight is 367 g/mol. The number of carboxylic acid groups (broad SMARTS) is 1. The fourth-order valence-corrected chi connectivity index (χ4v) is 2.92. The van der Waals surface area contributed by atoms with E-state index in [0.29, 0.717) is 23.6 Å². The second kappa shape index (κ2) is 7.49. The first-order valence-corrected chi connectivity index (χ1v) is 8.51. The van der Waals surface area contributed by atoms with Crippen molar-refractivity contribution in [2.45, 2.75) is 26.9 Å². The summed E-state index contributed by atoms with van der Waals surface area (Å²) in [6.07, 6.45) is 1.56. The molecule has 1 aromatic carbocycles. The zero-order valence-electron chi connectivity index (χ0n) is 15.5. The first-order valence-electron chi connectivity index (χ1n) is 8.51. The molecule has 0 unspecified atom stereocenters. The third kappa shape index (κ3) is 3.92. The highest BCUT2D eigenvalue weighted by atomic mass is 16.4. The van der Waals surface area contributed by atoms with Crippen molar-refractivity contribution in [1.82, 2.24) is 14.7 Å². The molecular formula is C20H21N3O4. The van der Waals surface area contributed by atoms with Gasteiger partial charge in [-0.05, 0) is 25.5 Å². The minimum Gasteiger partial charge on any atom is -0.478 e. The van der Waals surface area contributed by atoms with Gasteiger partial charge in [-0.25, -0.2) is 4.79 Å². The molecule has 0 bridgehead atoms. The number of aromatic carboxylic acids is 1. The van der Waals surface area contributed by atoms with Gasteiger partial charge < -0.3 is 14.4 Å². The Morgan fingerprint density at radius 3 is 2.52 bits per heavy atom. The molecule has 7 nitrogen and oxygen atoms in total. The Morgan fingerprint density at radius 1 is 1.19 bits per heavy atom. The van der Waals surface area contributed by atoms with Crippen LogP contribution in [0.15, 0.2) is 47.0 Å². The van der Waals surface area contributed by atoms with Crippen molar-refractivity contribution in [2.75, 3.05) is 7.05 Å². The third-order valence-electron chi connectivity index (χ3n) is 4.45. The van der Waals surface area contributed by atoms with Crippen molar-refractivity contribution in [2.24, 2.45) is 0 Å². The zero-order valence-corrected chi connectivity index (χ0v) is 15.5. The molecule has 2 heterocycles. The molecule has 0 aliphatic rings. The zero-order chi connectivity index (χ0) is 19.6. The first-order chi connectivity index (χ1) is 12.9. The topological polar surface area (TPSA) is 88.6 Å². The van der Waals surface area contributed by atoms with Crippen molar-refractivity contribution in [3.8, 4) is 0 Å². The molecule has 3 aromatic rings. The van der Waals surface area contributed by atoms with Crippen LogP contribution in [0.25, 0.3) is 0 Å². The number of amides is 1. The van der Waals surface area contributed by atoms with Crippen LogP contribution in [-0.2, 0) is 13.1 Å². The van der Waals surface area contributed by atoms with Crippen LogP contribution in [0.3, 0.4) is 0 Å². The van der Waals surface area contributed by atoms with E-state index in [1.165, 1.54) is 11.0 Å². The minimum absolute atomic E-state index is 0.109. The van der Waals surface area contributed by atoms with Crippen molar-refractivity contribution >= 4 is 11.9 Å². The molecule has 1 amide bonds. The van der Waals surface area contributed by atoms with Crippen LogP contribution in [0.2, 0.25) is 0 Å². The van der Waals surface area contributed by atoms with Gasteiger partial charge in [0.2, 0.25) is 0 Å². The summed E-state index contributed by atoms with van der Waals surface area (Å²) in [5, 5.41) is 13.4. The maximum atomic E-state index is 12.8. The predicted molar refractivity (Wildman–Crippen MR) is 98.7 cm³/mol. The molecule has 0 atom stereocenters. The molecule has 7 heteroatoms. The smallest absolute Gasteiger partial charge is 0.339 e. The maximum absolute atomic E-state index is 12.8. The predicted octanol–water partition coefficient (Wildman–Crippen LogP) is 3.11. The van der Waals surface area contributed by atoms with Gasteiger partial charge in [-0.2, -0.15) is 5.10 Å². The van der Waals surface area contributed by atoms with E-state index in [9.17, 15) is 9.59 Å². The number of carboxylic acids is 1. The summed E-state index contributed by atoms with van der Waals surface area (Å²) in [6.45, 7) is 4.21. The van der Waals surface area contributed by atoms with E-state index < -0.39 is 5.97 Å². The van der Waals surface area contributed by atoms with Gasteiger partial charge in [0.05, 0.1) is 24.8 Å².